The lowest BCUT2D eigenvalue weighted by Crippen LogP contribution is -2.61. The van der Waals surface area contributed by atoms with Crippen LogP contribution in [0.1, 0.15) is 0 Å². The predicted molar refractivity (Wildman–Crippen MR) is 239 cm³/mol. The fourth-order valence-electron chi connectivity index (χ4n) is 10.4. The maximum absolute atomic E-state index is 7.00. The Labute approximate surface area is 341 Å². The normalized spacial score (nSPS) is 13.5. The van der Waals surface area contributed by atoms with E-state index in [1.807, 2.05) is 18.2 Å². The molecular weight excluding hydrogens is 741 g/mol. The molecule has 278 valence electrons. The zero-order chi connectivity index (χ0) is 38.8. The Balaban J connectivity index is 1.03. The molecule has 0 aliphatic carbocycles. The molecule has 15 rings (SSSR count). The Morgan fingerprint density at radius 2 is 0.867 bits per heavy atom. The van der Waals surface area contributed by atoms with Crippen LogP contribution in [0.15, 0.2) is 170 Å². The number of anilines is 3. The lowest BCUT2D eigenvalue weighted by Gasteiger charge is -2.43. The second-order valence-corrected chi connectivity index (χ2v) is 15.8. The lowest BCUT2D eigenvalue weighted by molar-refractivity contribution is 0.464. The molecule has 10 heteroatoms. The van der Waals surface area contributed by atoms with Gasteiger partial charge in [0.15, 0.2) is 0 Å². The largest absolute Gasteiger partial charge is 0.458 e. The van der Waals surface area contributed by atoms with E-state index >= 15 is 0 Å². The molecule has 0 N–H and O–H groups in total. The van der Waals surface area contributed by atoms with E-state index in [4.69, 9.17) is 19.4 Å². The Hall–Kier alpha value is -8.24. The number of imidazole rings is 4. The molecule has 0 saturated carbocycles. The van der Waals surface area contributed by atoms with E-state index in [2.05, 4.69) is 174 Å². The minimum atomic E-state index is -0.0795. The highest BCUT2D eigenvalue weighted by Crippen LogP contribution is 2.47. The maximum Gasteiger partial charge on any atom is 0.266 e. The summed E-state index contributed by atoms with van der Waals surface area (Å²) in [6.07, 6.45) is 0. The van der Waals surface area contributed by atoms with E-state index in [1.54, 1.807) is 0 Å². The Morgan fingerprint density at radius 3 is 1.53 bits per heavy atom. The van der Waals surface area contributed by atoms with E-state index in [0.29, 0.717) is 0 Å². The standard InChI is InChI=1S/C50H28BN7O2/c1-3-16-34-32(14-1)52-49-55(36-18-5-7-20-38(36)57(34)49)30-13-9-12-29(26-30)54-40-22-10-23-42-46(40)51-47-41(54)27-31(28-45(47)60-44-25-11-24-43(59-42)48(44)51)56-37-19-6-8-21-39(37)58-35-17-4-2-15-33(35)53-50(56)58/h1-28H. The van der Waals surface area contributed by atoms with Crippen LogP contribution >= 0.6 is 0 Å². The quantitative estimate of drug-likeness (QED) is 0.168. The number of aromatic nitrogens is 6. The summed E-state index contributed by atoms with van der Waals surface area (Å²) in [5.74, 6) is 5.03. The van der Waals surface area contributed by atoms with E-state index < -0.39 is 0 Å². The maximum atomic E-state index is 7.00. The molecule has 7 heterocycles. The Morgan fingerprint density at radius 1 is 0.367 bits per heavy atom. The van der Waals surface area contributed by atoms with Gasteiger partial charge >= 0.3 is 0 Å². The SMILES string of the molecule is c1cc(N2c3cccc4c3B3c5c(cccc5Oc5cc(-n6c7ccccc7n7c8ccccc8nc67)cc2c53)O4)cc(-n2c3ccccc3n3c4ccccc4nc23)c1. The highest BCUT2D eigenvalue weighted by molar-refractivity contribution is 7.00. The number of hydrogen-bond donors (Lipinski definition) is 0. The van der Waals surface area contributed by atoms with Gasteiger partial charge in [-0.2, -0.15) is 0 Å². The third kappa shape index (κ3) is 3.74. The second-order valence-electron chi connectivity index (χ2n) is 15.8. The number of nitrogens with zero attached hydrogens (tertiary/aromatic N) is 7. The highest BCUT2D eigenvalue weighted by Gasteiger charge is 2.47. The molecule has 4 aromatic heterocycles. The number of ether oxygens (including phenoxy) is 2. The van der Waals surface area contributed by atoms with Crippen molar-refractivity contribution in [1.29, 1.82) is 0 Å². The van der Waals surface area contributed by atoms with Crippen LogP contribution in [-0.4, -0.2) is 34.6 Å². The molecule has 0 bridgehead atoms. The number of fused-ring (bicyclic) bond motifs is 10. The summed E-state index contributed by atoms with van der Waals surface area (Å²) in [5.41, 5.74) is 16.8. The van der Waals surface area contributed by atoms with E-state index in [0.717, 1.165) is 124 Å². The predicted octanol–water partition coefficient (Wildman–Crippen LogP) is 9.69. The fourth-order valence-corrected chi connectivity index (χ4v) is 10.4. The zero-order valence-electron chi connectivity index (χ0n) is 31.7. The van der Waals surface area contributed by atoms with Crippen molar-refractivity contribution in [3.05, 3.63) is 170 Å². The average molecular weight is 770 g/mol. The summed E-state index contributed by atoms with van der Waals surface area (Å²) in [5, 5.41) is 0. The van der Waals surface area contributed by atoms with Gasteiger partial charge in [0.05, 0.1) is 55.5 Å². The number of para-hydroxylation sites is 8. The van der Waals surface area contributed by atoms with Crippen molar-refractivity contribution in [3.63, 3.8) is 0 Å². The van der Waals surface area contributed by atoms with Crippen molar-refractivity contribution < 1.29 is 9.47 Å². The Bertz CT molecular complexity index is 3890. The molecule has 0 saturated heterocycles. The summed E-state index contributed by atoms with van der Waals surface area (Å²) in [7, 11) is 0. The minimum Gasteiger partial charge on any atom is -0.458 e. The summed E-state index contributed by atoms with van der Waals surface area (Å²) < 4.78 is 22.8. The first-order valence-corrected chi connectivity index (χ1v) is 20.2. The van der Waals surface area contributed by atoms with Gasteiger partial charge in [-0.3, -0.25) is 17.9 Å². The van der Waals surface area contributed by atoms with Gasteiger partial charge in [0.2, 0.25) is 11.6 Å². The molecule has 0 fully saturated rings. The van der Waals surface area contributed by atoms with Gasteiger partial charge in [-0.05, 0) is 108 Å². The summed E-state index contributed by atoms with van der Waals surface area (Å²) in [4.78, 5) is 12.8. The van der Waals surface area contributed by atoms with Crippen LogP contribution < -0.4 is 30.8 Å². The molecule has 0 amide bonds. The molecule has 9 nitrogen and oxygen atoms in total. The molecule has 60 heavy (non-hydrogen) atoms. The topological polar surface area (TPSA) is 66.2 Å². The molecule has 3 aliphatic heterocycles. The second kappa shape index (κ2) is 10.8. The zero-order valence-corrected chi connectivity index (χ0v) is 31.7. The van der Waals surface area contributed by atoms with Crippen LogP contribution in [0.25, 0.3) is 67.1 Å². The minimum absolute atomic E-state index is 0.0795. The van der Waals surface area contributed by atoms with Gasteiger partial charge in [0.1, 0.15) is 23.0 Å². The molecule has 0 radical (unpaired) electrons. The molecule has 8 aromatic carbocycles. The van der Waals surface area contributed by atoms with Gasteiger partial charge in [-0.25, -0.2) is 9.97 Å². The van der Waals surface area contributed by atoms with E-state index in [1.165, 1.54) is 0 Å². The van der Waals surface area contributed by atoms with Gasteiger partial charge in [-0.1, -0.05) is 66.7 Å². The number of rotatable bonds is 3. The summed E-state index contributed by atoms with van der Waals surface area (Å²) in [6.45, 7) is -0.0795. The monoisotopic (exact) mass is 769 g/mol. The van der Waals surface area contributed by atoms with Crippen LogP contribution in [0, 0.1) is 0 Å². The smallest absolute Gasteiger partial charge is 0.266 e. The van der Waals surface area contributed by atoms with Crippen LogP contribution in [-0.2, 0) is 0 Å². The molecule has 12 aromatic rings. The van der Waals surface area contributed by atoms with Gasteiger partial charge in [0.25, 0.3) is 6.71 Å². The molecule has 0 spiro atoms. The average Bonchev–Trinajstić information content (AvgIpc) is 4.03. The van der Waals surface area contributed by atoms with Gasteiger partial charge in [0, 0.05) is 28.6 Å². The van der Waals surface area contributed by atoms with Gasteiger partial charge in [-0.15, -0.1) is 0 Å². The highest BCUT2D eigenvalue weighted by atomic mass is 16.5. The molecule has 3 aliphatic rings. The first-order chi connectivity index (χ1) is 29.8. The van der Waals surface area contributed by atoms with E-state index in [-0.39, 0.29) is 6.71 Å². The van der Waals surface area contributed by atoms with Crippen LogP contribution in [0.4, 0.5) is 17.1 Å². The van der Waals surface area contributed by atoms with Gasteiger partial charge < -0.3 is 14.4 Å². The molecule has 0 atom stereocenters. The number of hydrogen-bond acceptors (Lipinski definition) is 5. The van der Waals surface area contributed by atoms with Crippen LogP contribution in [0.5, 0.6) is 23.0 Å². The van der Waals surface area contributed by atoms with Crippen LogP contribution in [0.3, 0.4) is 0 Å². The van der Waals surface area contributed by atoms with Crippen molar-refractivity contribution >= 4 is 95.9 Å². The van der Waals surface area contributed by atoms with Crippen molar-refractivity contribution in [2.45, 2.75) is 0 Å². The van der Waals surface area contributed by atoms with E-state index in [9.17, 15) is 0 Å². The summed E-state index contributed by atoms with van der Waals surface area (Å²) >= 11 is 0. The van der Waals surface area contributed by atoms with Crippen molar-refractivity contribution in [2.24, 2.45) is 0 Å². The van der Waals surface area contributed by atoms with Crippen LogP contribution in [0.2, 0.25) is 0 Å². The molecular formula is C50H28BN7O2. The third-order valence-corrected chi connectivity index (χ3v) is 12.8. The third-order valence-electron chi connectivity index (χ3n) is 12.8. The molecule has 0 unspecified atom stereocenters. The lowest BCUT2D eigenvalue weighted by atomic mass is 9.33. The fraction of sp³-hybridized carbons (Fsp3) is 0. The first kappa shape index (κ1) is 30.8. The first-order valence-electron chi connectivity index (χ1n) is 20.2. The Kier molecular flexibility index (Phi) is 5.57. The van der Waals surface area contributed by atoms with Crippen molar-refractivity contribution in [2.75, 3.05) is 4.90 Å². The summed E-state index contributed by atoms with van der Waals surface area (Å²) in [6, 6.07) is 59.7. The van der Waals surface area contributed by atoms with Crippen molar-refractivity contribution in [1.82, 2.24) is 27.9 Å². The van der Waals surface area contributed by atoms with Crippen molar-refractivity contribution in [3.8, 4) is 34.4 Å². The number of benzene rings is 8.